The van der Waals surface area contributed by atoms with Crippen molar-refractivity contribution in [2.24, 2.45) is 0 Å². The SMILES string of the molecule is [2H]C([2H])=Cc1ccccc1-c1nc2c(cc1Cl)c(N1CCN(C(=O)C(=C)F)C[C@@H]1C)nc(=O)n2-c1c(C)ccnc1C(C)C. The van der Waals surface area contributed by atoms with E-state index < -0.39 is 17.4 Å². The van der Waals surface area contributed by atoms with Crippen molar-refractivity contribution in [3.05, 3.63) is 93.9 Å². The molecule has 3 aromatic heterocycles. The van der Waals surface area contributed by atoms with Crippen LogP contribution in [0.25, 0.3) is 34.1 Å². The molecule has 0 N–H and O–H groups in total. The van der Waals surface area contributed by atoms with Crippen LogP contribution >= 0.6 is 11.6 Å². The van der Waals surface area contributed by atoms with Gasteiger partial charge in [-0.05, 0) is 43.0 Å². The summed E-state index contributed by atoms with van der Waals surface area (Å²) in [6.45, 7) is 11.2. The number of benzene rings is 1. The lowest BCUT2D eigenvalue weighted by Crippen LogP contribution is -2.54. The van der Waals surface area contributed by atoms with Crippen LogP contribution in [-0.2, 0) is 4.79 Å². The normalized spacial score (nSPS) is 15.9. The smallest absolute Gasteiger partial charge is 0.350 e. The van der Waals surface area contributed by atoms with Crippen LogP contribution in [0.4, 0.5) is 10.2 Å². The van der Waals surface area contributed by atoms with E-state index >= 15 is 0 Å². The van der Waals surface area contributed by atoms with E-state index in [1.165, 1.54) is 15.5 Å². The first-order valence-corrected chi connectivity index (χ1v) is 14.0. The Morgan fingerprint density at radius 3 is 2.69 bits per heavy atom. The van der Waals surface area contributed by atoms with E-state index in [9.17, 15) is 14.0 Å². The number of halogens is 2. The lowest BCUT2D eigenvalue weighted by Gasteiger charge is -2.40. The second-order valence-corrected chi connectivity index (χ2v) is 11.1. The van der Waals surface area contributed by atoms with Crippen molar-refractivity contribution in [3.63, 3.8) is 0 Å². The molecule has 0 bridgehead atoms. The number of aryl methyl sites for hydroxylation is 1. The molecule has 1 saturated heterocycles. The molecule has 0 unspecified atom stereocenters. The highest BCUT2D eigenvalue weighted by atomic mass is 35.5. The van der Waals surface area contributed by atoms with Gasteiger partial charge in [0, 0.05) is 37.4 Å². The van der Waals surface area contributed by atoms with Gasteiger partial charge in [0.15, 0.2) is 11.5 Å². The van der Waals surface area contributed by atoms with E-state index in [1.54, 1.807) is 30.5 Å². The van der Waals surface area contributed by atoms with Gasteiger partial charge in [0.25, 0.3) is 5.91 Å². The van der Waals surface area contributed by atoms with Crippen LogP contribution in [0, 0.1) is 6.92 Å². The fourth-order valence-corrected chi connectivity index (χ4v) is 5.72. The van der Waals surface area contributed by atoms with E-state index in [-0.39, 0.29) is 43.1 Å². The number of carbonyl (C=O) groups is 1. The predicted octanol–water partition coefficient (Wildman–Crippen LogP) is 6.09. The van der Waals surface area contributed by atoms with Gasteiger partial charge in [0.1, 0.15) is 5.82 Å². The molecule has 0 radical (unpaired) electrons. The Bertz CT molecular complexity index is 1890. The van der Waals surface area contributed by atoms with Crippen molar-refractivity contribution in [2.75, 3.05) is 24.5 Å². The average Bonchev–Trinajstić information content (AvgIpc) is 2.96. The second kappa shape index (κ2) is 11.5. The number of anilines is 1. The summed E-state index contributed by atoms with van der Waals surface area (Å²) in [4.78, 5) is 43.8. The van der Waals surface area contributed by atoms with Crippen LogP contribution in [0.2, 0.25) is 5.02 Å². The predicted molar refractivity (Wildman–Crippen MR) is 166 cm³/mol. The number of carbonyl (C=O) groups excluding carboxylic acids is 1. The minimum atomic E-state index is -1.02. The third-order valence-electron chi connectivity index (χ3n) is 7.52. The summed E-state index contributed by atoms with van der Waals surface area (Å²) in [7, 11) is 0. The van der Waals surface area contributed by atoms with Crippen LogP contribution in [-0.4, -0.2) is 56.0 Å². The molecular weight excluding hydrogens is 555 g/mol. The zero-order valence-corrected chi connectivity index (χ0v) is 24.6. The monoisotopic (exact) mass is 588 g/mol. The number of rotatable bonds is 6. The quantitative estimate of drug-likeness (QED) is 0.253. The van der Waals surface area contributed by atoms with E-state index in [0.717, 1.165) is 5.56 Å². The van der Waals surface area contributed by atoms with Gasteiger partial charge in [0.2, 0.25) is 0 Å². The maximum absolute atomic E-state index is 14.1. The largest absolute Gasteiger partial charge is 0.355 e. The van der Waals surface area contributed by atoms with E-state index in [1.807, 2.05) is 44.7 Å². The first-order valence-electron chi connectivity index (χ1n) is 14.6. The van der Waals surface area contributed by atoms with Gasteiger partial charge in [-0.1, -0.05) is 68.9 Å². The third kappa shape index (κ3) is 5.09. The van der Waals surface area contributed by atoms with Crippen molar-refractivity contribution < 1.29 is 11.9 Å². The van der Waals surface area contributed by atoms with Crippen LogP contribution < -0.4 is 10.6 Å². The molecule has 10 heteroatoms. The topological polar surface area (TPSA) is 84.2 Å². The molecule has 1 fully saturated rings. The molecule has 8 nitrogen and oxygen atoms in total. The summed E-state index contributed by atoms with van der Waals surface area (Å²) >= 11 is 6.92. The van der Waals surface area contributed by atoms with Gasteiger partial charge >= 0.3 is 5.69 Å². The Labute approximate surface area is 251 Å². The molecule has 1 amide bonds. The minimum absolute atomic E-state index is 0.0208. The summed E-state index contributed by atoms with van der Waals surface area (Å²) in [5.41, 5.74) is 3.36. The average molecular weight is 589 g/mol. The molecule has 42 heavy (non-hydrogen) atoms. The molecule has 0 saturated carbocycles. The fraction of sp³-hybridized carbons (Fsp3) is 0.281. The third-order valence-corrected chi connectivity index (χ3v) is 7.80. The zero-order chi connectivity index (χ0) is 31.9. The minimum Gasteiger partial charge on any atom is -0.350 e. The zero-order valence-electron chi connectivity index (χ0n) is 25.9. The number of pyridine rings is 2. The summed E-state index contributed by atoms with van der Waals surface area (Å²) in [5, 5.41) is 0.790. The van der Waals surface area contributed by atoms with Crippen LogP contribution in [0.15, 0.2) is 66.3 Å². The number of amides is 1. The first kappa shape index (κ1) is 26.5. The van der Waals surface area contributed by atoms with Gasteiger partial charge in [0.05, 0.1) is 30.2 Å². The number of piperazine rings is 1. The second-order valence-electron chi connectivity index (χ2n) is 10.7. The summed E-state index contributed by atoms with van der Waals surface area (Å²) in [5.74, 6) is -1.45. The van der Waals surface area contributed by atoms with Crippen LogP contribution in [0.3, 0.4) is 0 Å². The maximum Gasteiger partial charge on any atom is 0.355 e. The molecule has 4 heterocycles. The van der Waals surface area contributed by atoms with Gasteiger partial charge in [-0.25, -0.2) is 18.7 Å². The molecule has 1 aliphatic heterocycles. The molecule has 0 aliphatic carbocycles. The number of fused-ring (bicyclic) bond motifs is 1. The Morgan fingerprint density at radius 2 is 2.00 bits per heavy atom. The lowest BCUT2D eigenvalue weighted by molar-refractivity contribution is -0.129. The summed E-state index contributed by atoms with van der Waals surface area (Å²) in [6, 6.07) is 10.4. The van der Waals surface area contributed by atoms with E-state index in [0.29, 0.717) is 45.1 Å². The molecule has 0 spiro atoms. The van der Waals surface area contributed by atoms with Crippen molar-refractivity contribution in [1.29, 1.82) is 0 Å². The van der Waals surface area contributed by atoms with Crippen molar-refractivity contribution in [3.8, 4) is 16.9 Å². The van der Waals surface area contributed by atoms with E-state index in [2.05, 4.69) is 16.5 Å². The van der Waals surface area contributed by atoms with Gasteiger partial charge in [-0.3, -0.25) is 9.78 Å². The number of nitrogens with zero attached hydrogens (tertiary/aromatic N) is 6. The molecule has 1 atom stereocenters. The highest BCUT2D eigenvalue weighted by Gasteiger charge is 2.31. The Kier molecular flexibility index (Phi) is 7.25. The van der Waals surface area contributed by atoms with Crippen LogP contribution in [0.5, 0.6) is 0 Å². The Morgan fingerprint density at radius 1 is 1.24 bits per heavy atom. The lowest BCUT2D eigenvalue weighted by atomic mass is 10.0. The molecule has 1 aromatic carbocycles. The van der Waals surface area contributed by atoms with Crippen molar-refractivity contribution >= 4 is 40.4 Å². The molecule has 4 aromatic rings. The highest BCUT2D eigenvalue weighted by Crippen LogP contribution is 2.36. The molecule has 1 aliphatic rings. The maximum atomic E-state index is 14.1. The Balaban J connectivity index is 1.81. The van der Waals surface area contributed by atoms with Gasteiger partial charge < -0.3 is 9.80 Å². The summed E-state index contributed by atoms with van der Waals surface area (Å²) in [6.07, 6.45) is 3.11. The van der Waals surface area contributed by atoms with Crippen molar-refractivity contribution in [1.82, 2.24) is 24.4 Å². The highest BCUT2D eigenvalue weighted by molar-refractivity contribution is 6.34. The number of aromatic nitrogens is 4. The standard InChI is InChI=1S/C32H32ClFN6O2/c1-7-22-10-8-9-11-23(22)27-25(33)16-24-29(39-15-14-38(17-20(39)5)31(41)21(6)34)37-32(42)40(30(24)36-27)28-19(4)12-13-35-26(28)18(2)3/h7-13,16,18,20H,1,6,14-15,17H2,2-5H3/t20-/m0/s1/i1D2. The van der Waals surface area contributed by atoms with Gasteiger partial charge in [-0.2, -0.15) is 4.98 Å². The summed E-state index contributed by atoms with van der Waals surface area (Å²) < 4.78 is 30.5. The molecule has 216 valence electrons. The Hall–Kier alpha value is -4.37. The first-order chi connectivity index (χ1) is 20.9. The van der Waals surface area contributed by atoms with Crippen molar-refractivity contribution in [2.45, 2.75) is 39.7 Å². The fourth-order valence-electron chi connectivity index (χ4n) is 5.47. The van der Waals surface area contributed by atoms with E-state index in [4.69, 9.17) is 19.3 Å². The number of hydrogen-bond acceptors (Lipinski definition) is 6. The number of hydrogen-bond donors (Lipinski definition) is 0. The van der Waals surface area contributed by atoms with Crippen LogP contribution in [0.1, 0.15) is 46.3 Å². The molecule has 5 rings (SSSR count). The van der Waals surface area contributed by atoms with Gasteiger partial charge in [-0.15, -0.1) is 0 Å². The molecular formula is C32H32ClFN6O2.